The molecule has 1 unspecified atom stereocenters. The van der Waals surface area contributed by atoms with Crippen LogP contribution in [0.2, 0.25) is 0 Å². The van der Waals surface area contributed by atoms with Crippen LogP contribution in [-0.2, 0) is 13.6 Å². The number of terminal acetylenes is 1. The highest BCUT2D eigenvalue weighted by Crippen LogP contribution is 2.48. The third-order valence-corrected chi connectivity index (χ3v) is 2.47. The number of rotatable bonds is 5. The molecule has 13 heavy (non-hydrogen) atoms. The van der Waals surface area contributed by atoms with Gasteiger partial charge in [0.15, 0.2) is 0 Å². The van der Waals surface area contributed by atoms with E-state index in [2.05, 4.69) is 24.3 Å². The van der Waals surface area contributed by atoms with Crippen molar-refractivity contribution in [1.82, 2.24) is 0 Å². The molecule has 0 heterocycles. The van der Waals surface area contributed by atoms with Crippen molar-refractivity contribution in [1.29, 1.82) is 0 Å². The maximum absolute atomic E-state index is 11.5. The largest absolute Gasteiger partial charge is 0.355 e. The van der Waals surface area contributed by atoms with E-state index in [-0.39, 0.29) is 13.2 Å². The summed E-state index contributed by atoms with van der Waals surface area (Å²) in [6.45, 7) is 4.97. The molecule has 0 bridgehead atoms. The normalized spacial score (nSPS) is 13.2. The van der Waals surface area contributed by atoms with Crippen LogP contribution in [0.5, 0.6) is 0 Å². The standard InChI is InChI=1S/C9H11O3P/c1-4-7-9-12-13(10,6-3)11-8-5-2/h2,6H,3,8-9H2,1H3. The molecular weight excluding hydrogens is 187 g/mol. The minimum absolute atomic E-state index is 0.0460. The van der Waals surface area contributed by atoms with Crippen molar-refractivity contribution >= 4 is 7.60 Å². The summed E-state index contributed by atoms with van der Waals surface area (Å²) in [6, 6.07) is 0. The van der Waals surface area contributed by atoms with Gasteiger partial charge in [-0.25, -0.2) is 0 Å². The smallest absolute Gasteiger partial charge is 0.293 e. The summed E-state index contributed by atoms with van der Waals surface area (Å²) in [7, 11) is -3.23. The van der Waals surface area contributed by atoms with E-state index >= 15 is 0 Å². The first kappa shape index (κ1) is 12.0. The molecule has 3 nitrogen and oxygen atoms in total. The lowest BCUT2D eigenvalue weighted by molar-refractivity contribution is 0.251. The number of hydrogen-bond donors (Lipinski definition) is 0. The van der Waals surface area contributed by atoms with Gasteiger partial charge in [-0.2, -0.15) is 0 Å². The lowest BCUT2D eigenvalue weighted by atomic mass is 10.6. The summed E-state index contributed by atoms with van der Waals surface area (Å²) in [6.07, 6.45) is 4.93. The minimum atomic E-state index is -3.23. The van der Waals surface area contributed by atoms with E-state index in [1.807, 2.05) is 0 Å². The van der Waals surface area contributed by atoms with E-state index in [1.54, 1.807) is 6.92 Å². The van der Waals surface area contributed by atoms with Crippen LogP contribution in [0.25, 0.3) is 0 Å². The second-order valence-electron chi connectivity index (χ2n) is 1.90. The summed E-state index contributed by atoms with van der Waals surface area (Å²) in [4.78, 5) is 0. The van der Waals surface area contributed by atoms with Gasteiger partial charge in [-0.3, -0.25) is 13.6 Å². The molecule has 0 aliphatic carbocycles. The second kappa shape index (κ2) is 6.52. The van der Waals surface area contributed by atoms with Gasteiger partial charge in [0.2, 0.25) is 0 Å². The van der Waals surface area contributed by atoms with Crippen LogP contribution in [0.15, 0.2) is 12.4 Å². The summed E-state index contributed by atoms with van der Waals surface area (Å²) in [5.41, 5.74) is 0. The first-order chi connectivity index (χ1) is 6.18. The lowest BCUT2D eigenvalue weighted by Crippen LogP contribution is -1.94. The number of hydrogen-bond acceptors (Lipinski definition) is 3. The first-order valence-corrected chi connectivity index (χ1v) is 5.15. The van der Waals surface area contributed by atoms with Gasteiger partial charge in [0.05, 0.1) is 0 Å². The third-order valence-electron chi connectivity index (χ3n) is 1.04. The fraction of sp³-hybridized carbons (Fsp3) is 0.333. The third kappa shape index (κ3) is 5.28. The van der Waals surface area contributed by atoms with Crippen LogP contribution in [0.1, 0.15) is 6.92 Å². The van der Waals surface area contributed by atoms with Crippen LogP contribution in [-0.4, -0.2) is 13.2 Å². The molecule has 0 aromatic heterocycles. The maximum atomic E-state index is 11.5. The molecule has 70 valence electrons. The molecule has 0 aromatic carbocycles. The first-order valence-electron chi connectivity index (χ1n) is 3.54. The Morgan fingerprint density at radius 3 is 2.62 bits per heavy atom. The van der Waals surface area contributed by atoms with Crippen molar-refractivity contribution in [2.75, 3.05) is 13.2 Å². The summed E-state index contributed by atoms with van der Waals surface area (Å²) in [5, 5.41) is 0. The van der Waals surface area contributed by atoms with E-state index in [4.69, 9.17) is 15.5 Å². The molecule has 0 aliphatic rings. The Hall–Kier alpha value is -0.990. The van der Waals surface area contributed by atoms with Crippen LogP contribution in [0.3, 0.4) is 0 Å². The SMILES string of the molecule is C#CCOP(=O)(C=C)OCC#CC. The van der Waals surface area contributed by atoms with Crippen molar-refractivity contribution in [3.8, 4) is 24.2 Å². The molecular formula is C9H11O3P. The van der Waals surface area contributed by atoms with Crippen LogP contribution in [0.4, 0.5) is 0 Å². The lowest BCUT2D eigenvalue weighted by Gasteiger charge is -2.10. The Morgan fingerprint density at radius 2 is 2.15 bits per heavy atom. The highest BCUT2D eigenvalue weighted by Gasteiger charge is 2.18. The second-order valence-corrected chi connectivity index (χ2v) is 3.86. The van der Waals surface area contributed by atoms with E-state index < -0.39 is 7.60 Å². The van der Waals surface area contributed by atoms with Crippen LogP contribution in [0, 0.1) is 24.2 Å². The fourth-order valence-corrected chi connectivity index (χ4v) is 1.25. The Balaban J connectivity index is 4.11. The van der Waals surface area contributed by atoms with E-state index in [0.717, 1.165) is 5.82 Å². The summed E-state index contributed by atoms with van der Waals surface area (Å²) >= 11 is 0. The van der Waals surface area contributed by atoms with Crippen molar-refractivity contribution in [3.63, 3.8) is 0 Å². The topological polar surface area (TPSA) is 35.5 Å². The molecule has 0 radical (unpaired) electrons. The molecule has 0 aliphatic heterocycles. The van der Waals surface area contributed by atoms with Gasteiger partial charge in [-0.1, -0.05) is 18.4 Å². The molecule has 4 heteroatoms. The summed E-state index contributed by atoms with van der Waals surface area (Å²) < 4.78 is 21.1. The van der Waals surface area contributed by atoms with Crippen molar-refractivity contribution in [3.05, 3.63) is 12.4 Å². The average molecular weight is 198 g/mol. The van der Waals surface area contributed by atoms with Gasteiger partial charge >= 0.3 is 7.60 Å². The highest BCUT2D eigenvalue weighted by molar-refractivity contribution is 7.57. The quantitative estimate of drug-likeness (QED) is 0.500. The molecule has 0 spiro atoms. The molecule has 0 amide bonds. The Bertz CT molecular complexity index is 303. The molecule has 0 saturated heterocycles. The molecule has 0 fully saturated rings. The van der Waals surface area contributed by atoms with Crippen LogP contribution < -0.4 is 0 Å². The van der Waals surface area contributed by atoms with Crippen molar-refractivity contribution in [2.24, 2.45) is 0 Å². The predicted molar refractivity (Wildman–Crippen MR) is 52.0 cm³/mol. The highest BCUT2D eigenvalue weighted by atomic mass is 31.2. The van der Waals surface area contributed by atoms with Crippen molar-refractivity contribution in [2.45, 2.75) is 6.92 Å². The monoisotopic (exact) mass is 198 g/mol. The Morgan fingerprint density at radius 1 is 1.54 bits per heavy atom. The van der Waals surface area contributed by atoms with E-state index in [0.29, 0.717) is 0 Å². The Kier molecular flexibility index (Phi) is 6.02. The van der Waals surface area contributed by atoms with Gasteiger partial charge in [-0.05, 0) is 6.92 Å². The fourth-order valence-electron chi connectivity index (χ4n) is 0.464. The Labute approximate surface area is 78.7 Å². The van der Waals surface area contributed by atoms with Gasteiger partial charge in [0.25, 0.3) is 0 Å². The van der Waals surface area contributed by atoms with Crippen LogP contribution >= 0.6 is 7.60 Å². The average Bonchev–Trinajstić information content (AvgIpc) is 2.15. The molecule has 1 atom stereocenters. The van der Waals surface area contributed by atoms with E-state index in [9.17, 15) is 4.57 Å². The molecule has 0 N–H and O–H groups in total. The van der Waals surface area contributed by atoms with Gasteiger partial charge in [0.1, 0.15) is 13.2 Å². The molecule has 0 aromatic rings. The van der Waals surface area contributed by atoms with Crippen molar-refractivity contribution < 1.29 is 13.6 Å². The predicted octanol–water partition coefficient (Wildman–Crippen LogP) is 2.01. The molecule has 0 rings (SSSR count). The maximum Gasteiger partial charge on any atom is 0.355 e. The zero-order chi connectivity index (χ0) is 10.2. The zero-order valence-corrected chi connectivity index (χ0v) is 8.34. The minimum Gasteiger partial charge on any atom is -0.293 e. The van der Waals surface area contributed by atoms with Gasteiger partial charge in [-0.15, -0.1) is 12.3 Å². The molecule has 0 saturated carbocycles. The van der Waals surface area contributed by atoms with Gasteiger partial charge < -0.3 is 0 Å². The zero-order valence-electron chi connectivity index (χ0n) is 7.45. The van der Waals surface area contributed by atoms with Gasteiger partial charge in [0, 0.05) is 5.82 Å². The summed E-state index contributed by atoms with van der Waals surface area (Å²) in [5.74, 6) is 8.49. The van der Waals surface area contributed by atoms with E-state index in [1.165, 1.54) is 0 Å².